The van der Waals surface area contributed by atoms with Gasteiger partial charge in [0.05, 0.1) is 22.8 Å². The Kier molecular flexibility index (Phi) is 13.2. The molecule has 0 saturated heterocycles. The summed E-state index contributed by atoms with van der Waals surface area (Å²) in [6, 6.07) is 21.7. The Morgan fingerprint density at radius 3 is 2.10 bits per heavy atom. The number of rotatable bonds is 3. The van der Waals surface area contributed by atoms with Crippen molar-refractivity contribution >= 4 is 77.7 Å². The summed E-state index contributed by atoms with van der Waals surface area (Å²) in [5, 5.41) is 13.1. The van der Waals surface area contributed by atoms with E-state index in [9.17, 15) is 9.59 Å². The molecule has 0 unspecified atom stereocenters. The molecule has 5 rings (SSSR count). The second-order valence-corrected chi connectivity index (χ2v) is 10.8. The first-order valence-corrected chi connectivity index (χ1v) is 14.1. The fourth-order valence-electron chi connectivity index (χ4n) is 2.95. The topological polar surface area (TPSA) is 135 Å². The Morgan fingerprint density at radius 1 is 0.950 bits per heavy atom. The number of halogens is 1. The van der Waals surface area contributed by atoms with E-state index >= 15 is 0 Å². The number of thiocyanates is 1. The van der Waals surface area contributed by atoms with Crippen molar-refractivity contribution < 1.29 is 9.59 Å². The molecule has 0 aliphatic heterocycles. The number of hydrogen-bond donors (Lipinski definition) is 2. The van der Waals surface area contributed by atoms with Crippen molar-refractivity contribution in [3.63, 3.8) is 0 Å². The number of carbonyl (C=O) groups is 2. The normalized spacial score (nSPS) is 9.55. The first-order chi connectivity index (χ1) is 18.8. The number of carbonyl (C=O) groups excluding carboxylic acids is 2. The highest BCUT2D eigenvalue weighted by Gasteiger charge is 2.09. The third kappa shape index (κ3) is 10.0. The summed E-state index contributed by atoms with van der Waals surface area (Å²) < 4.78 is 2.09. The number of thioether (sulfide) groups is 1. The minimum Gasteiger partial charge on any atom is -0.397 e. The van der Waals surface area contributed by atoms with Gasteiger partial charge in [-0.3, -0.25) is 24.9 Å². The first kappa shape index (κ1) is 32.4. The predicted octanol–water partition coefficient (Wildman–Crippen LogP) is 7.51. The lowest BCUT2D eigenvalue weighted by Crippen LogP contribution is -2.11. The maximum absolute atomic E-state index is 12.0. The van der Waals surface area contributed by atoms with Gasteiger partial charge in [-0.1, -0.05) is 67.3 Å². The van der Waals surface area contributed by atoms with Crippen molar-refractivity contribution in [1.82, 2.24) is 15.0 Å². The van der Waals surface area contributed by atoms with E-state index in [0.29, 0.717) is 28.0 Å². The van der Waals surface area contributed by atoms with Gasteiger partial charge in [0.25, 0.3) is 5.91 Å². The summed E-state index contributed by atoms with van der Waals surface area (Å²) in [6.45, 7) is 3.88. The van der Waals surface area contributed by atoms with Crippen LogP contribution in [0.5, 0.6) is 0 Å². The molecule has 40 heavy (non-hydrogen) atoms. The molecule has 0 radical (unpaired) electrons. The van der Waals surface area contributed by atoms with Crippen LogP contribution in [0.15, 0.2) is 85.2 Å². The van der Waals surface area contributed by atoms with Crippen molar-refractivity contribution in [3.05, 3.63) is 111 Å². The van der Waals surface area contributed by atoms with Crippen LogP contribution in [0.1, 0.15) is 39.5 Å². The van der Waals surface area contributed by atoms with Crippen LogP contribution in [-0.2, 0) is 0 Å². The molecule has 0 saturated carbocycles. The Hall–Kier alpha value is -3.86. The van der Waals surface area contributed by atoms with Gasteiger partial charge in [0, 0.05) is 37.8 Å². The Morgan fingerprint density at radius 2 is 1.52 bits per heavy atom. The molecule has 3 heterocycles. The Balaban J connectivity index is 0.000000228. The number of aromatic nitrogens is 3. The van der Waals surface area contributed by atoms with Gasteiger partial charge in [-0.2, -0.15) is 5.26 Å². The molecule has 204 valence electrons. The molecular formula is C29H27IN6O2S2. The summed E-state index contributed by atoms with van der Waals surface area (Å²) in [7, 11) is 0. The summed E-state index contributed by atoms with van der Waals surface area (Å²) in [5.74, 6) is -0.149. The van der Waals surface area contributed by atoms with Crippen molar-refractivity contribution in [2.75, 3.05) is 11.1 Å². The number of anilines is 2. The van der Waals surface area contributed by atoms with Crippen LogP contribution in [0.2, 0.25) is 0 Å². The molecule has 3 aromatic heterocycles. The Labute approximate surface area is 255 Å². The number of nitrogens with zero attached hydrogens (tertiary/aromatic N) is 4. The average molecular weight is 683 g/mol. The number of nitrogen functional groups attached to an aromatic ring is 1. The van der Waals surface area contributed by atoms with Crippen LogP contribution in [0.25, 0.3) is 10.2 Å². The van der Waals surface area contributed by atoms with Gasteiger partial charge in [0.15, 0.2) is 5.13 Å². The van der Waals surface area contributed by atoms with Gasteiger partial charge in [0.2, 0.25) is 5.12 Å². The van der Waals surface area contributed by atoms with Crippen LogP contribution >= 0.6 is 45.7 Å². The highest BCUT2D eigenvalue weighted by atomic mass is 127. The third-order valence-corrected chi connectivity index (χ3v) is 7.21. The molecule has 3 N–H and O–H groups in total. The highest BCUT2D eigenvalue weighted by Crippen LogP contribution is 2.26. The second kappa shape index (κ2) is 16.3. The molecular weight excluding hydrogens is 655 g/mol. The molecule has 0 aliphatic carbocycles. The number of fused-ring (bicyclic) bond motifs is 1. The van der Waals surface area contributed by atoms with E-state index in [4.69, 9.17) is 11.0 Å². The van der Waals surface area contributed by atoms with Crippen LogP contribution < -0.4 is 11.1 Å². The zero-order valence-electron chi connectivity index (χ0n) is 21.0. The monoisotopic (exact) mass is 682 g/mol. The van der Waals surface area contributed by atoms with E-state index in [-0.39, 0.29) is 18.4 Å². The van der Waals surface area contributed by atoms with Crippen molar-refractivity contribution in [3.8, 4) is 5.40 Å². The number of nitrogens with two attached hydrogens (primary N) is 1. The minimum absolute atomic E-state index is 0. The largest absolute Gasteiger partial charge is 0.397 e. The van der Waals surface area contributed by atoms with E-state index in [1.165, 1.54) is 11.3 Å². The summed E-state index contributed by atoms with van der Waals surface area (Å²) in [6.07, 6.45) is 3.40. The van der Waals surface area contributed by atoms with E-state index in [1.807, 2.05) is 50.2 Å². The molecule has 0 atom stereocenters. The zero-order valence-corrected chi connectivity index (χ0v) is 24.8. The Bertz CT molecular complexity index is 1610. The van der Waals surface area contributed by atoms with Gasteiger partial charge in [0.1, 0.15) is 10.9 Å². The maximum atomic E-state index is 12.0. The lowest BCUT2D eigenvalue weighted by molar-refractivity contribution is 0.102. The molecule has 1 amide bonds. The van der Waals surface area contributed by atoms with E-state index in [2.05, 4.69) is 42.9 Å². The zero-order chi connectivity index (χ0) is 28.2. The lowest BCUT2D eigenvalue weighted by Gasteiger charge is -2.00. The highest BCUT2D eigenvalue weighted by molar-refractivity contribution is 14.1. The maximum Gasteiger partial charge on any atom is 0.257 e. The van der Waals surface area contributed by atoms with E-state index in [1.54, 1.807) is 54.2 Å². The summed E-state index contributed by atoms with van der Waals surface area (Å²) in [5.41, 5.74) is 10.2. The van der Waals surface area contributed by atoms with Crippen molar-refractivity contribution in [2.24, 2.45) is 0 Å². The number of nitrogens with one attached hydrogen (secondary N) is 1. The first-order valence-electron chi connectivity index (χ1n) is 11.4. The minimum atomic E-state index is -0.201. The van der Waals surface area contributed by atoms with Crippen molar-refractivity contribution in [1.29, 1.82) is 5.26 Å². The van der Waals surface area contributed by atoms with Gasteiger partial charge < -0.3 is 5.73 Å². The van der Waals surface area contributed by atoms with E-state index < -0.39 is 0 Å². The van der Waals surface area contributed by atoms with Crippen LogP contribution in [0.3, 0.4) is 0 Å². The number of nitriles is 1. The smallest absolute Gasteiger partial charge is 0.257 e. The molecule has 2 aromatic carbocycles. The molecule has 11 heteroatoms. The SMILES string of the molecule is C.Cc1cc(I)c(N)cn1.Cc1cc2sc(NC(=O)c3ccccc3)nc2cn1.N#CSC(=O)c1ccccc1. The molecule has 0 spiro atoms. The fraction of sp³-hybridized carbons (Fsp3) is 0.103. The lowest BCUT2D eigenvalue weighted by atomic mass is 10.2. The standard InChI is InChI=1S/C14H11N3OS.C8H5NOS.C6H7IN2.CH4/c1-9-7-12-11(8-15-9)16-14(19-12)17-13(18)10-5-3-2-4-6-10;9-6-11-8(10)7-4-2-1-3-5-7;1-4-2-5(7)6(8)3-9-4;/h2-8H,1H3,(H,16,17,18);1-5H;2-3H,8H2,1H3;1H4. The molecule has 0 bridgehead atoms. The van der Waals surface area contributed by atoms with E-state index in [0.717, 1.165) is 30.9 Å². The second-order valence-electron chi connectivity index (χ2n) is 7.83. The molecule has 0 aliphatic rings. The molecule has 8 nitrogen and oxygen atoms in total. The number of hydrogen-bond acceptors (Lipinski definition) is 9. The number of thiazole rings is 1. The summed E-state index contributed by atoms with van der Waals surface area (Å²) in [4.78, 5) is 35.5. The number of pyridine rings is 2. The summed E-state index contributed by atoms with van der Waals surface area (Å²) >= 11 is 4.29. The number of aryl methyl sites for hydroxylation is 2. The van der Waals surface area contributed by atoms with Crippen LogP contribution in [-0.4, -0.2) is 26.0 Å². The molecule has 0 fully saturated rings. The van der Waals surface area contributed by atoms with Gasteiger partial charge in [-0.25, -0.2) is 4.98 Å². The van der Waals surface area contributed by atoms with Crippen molar-refractivity contribution in [2.45, 2.75) is 21.3 Å². The van der Waals surface area contributed by atoms with Crippen LogP contribution in [0, 0.1) is 28.1 Å². The van der Waals surface area contributed by atoms with Gasteiger partial charge in [-0.05, 0) is 60.7 Å². The van der Waals surface area contributed by atoms with Gasteiger partial charge >= 0.3 is 0 Å². The third-order valence-electron chi connectivity index (χ3n) is 4.83. The number of amides is 1. The molecule has 5 aromatic rings. The average Bonchev–Trinajstić information content (AvgIpc) is 3.34. The number of benzene rings is 2. The van der Waals surface area contributed by atoms with Crippen LogP contribution in [0.4, 0.5) is 10.8 Å². The van der Waals surface area contributed by atoms with Gasteiger partial charge in [-0.15, -0.1) is 0 Å². The fourth-order valence-corrected chi connectivity index (χ4v) is 4.81. The predicted molar refractivity (Wildman–Crippen MR) is 173 cm³/mol. The quantitative estimate of drug-likeness (QED) is 0.148.